The second-order valence-electron chi connectivity index (χ2n) is 17.8. The topological polar surface area (TPSA) is 144 Å². The smallest absolute Gasteiger partial charge is 0.313 e. The van der Waals surface area contributed by atoms with Crippen LogP contribution in [0, 0.1) is 46.8 Å². The lowest BCUT2D eigenvalue weighted by atomic mass is 9.52. The minimum Gasteiger partial charge on any atom is -0.469 e. The molecule has 11 atom stereocenters. The molecule has 286 valence electrons. The first kappa shape index (κ1) is 41.3. The predicted octanol–water partition coefficient (Wildman–Crippen LogP) is 6.70. The van der Waals surface area contributed by atoms with Crippen molar-refractivity contribution >= 4 is 29.1 Å². The summed E-state index contributed by atoms with van der Waals surface area (Å²) in [5.41, 5.74) is -4.20. The van der Waals surface area contributed by atoms with Crippen LogP contribution in [-0.4, -0.2) is 69.3 Å². The fourth-order valence-corrected chi connectivity index (χ4v) is 9.54. The molecule has 0 amide bonds. The van der Waals surface area contributed by atoms with Crippen LogP contribution >= 0.6 is 0 Å². The quantitative estimate of drug-likeness (QED) is 0.236. The van der Waals surface area contributed by atoms with Gasteiger partial charge in [-0.3, -0.25) is 24.0 Å². The fourth-order valence-electron chi connectivity index (χ4n) is 9.54. The van der Waals surface area contributed by atoms with E-state index in [9.17, 15) is 34.2 Å². The Bertz CT molecular complexity index is 1430. The third-order valence-corrected chi connectivity index (χ3v) is 13.4. The van der Waals surface area contributed by atoms with Crippen molar-refractivity contribution in [2.75, 3.05) is 7.11 Å². The van der Waals surface area contributed by atoms with Gasteiger partial charge in [0, 0.05) is 55.8 Å². The van der Waals surface area contributed by atoms with Crippen molar-refractivity contribution < 1.29 is 43.7 Å². The number of hydrogen-bond donors (Lipinski definition) is 2. The Kier molecular flexibility index (Phi) is 12.5. The van der Waals surface area contributed by atoms with E-state index in [1.54, 1.807) is 13.8 Å². The molecule has 51 heavy (non-hydrogen) atoms. The van der Waals surface area contributed by atoms with Crippen molar-refractivity contribution in [2.24, 2.45) is 46.8 Å². The van der Waals surface area contributed by atoms with E-state index in [1.807, 2.05) is 53.7 Å². The highest BCUT2D eigenvalue weighted by Crippen LogP contribution is 2.58. The van der Waals surface area contributed by atoms with Crippen LogP contribution in [0.15, 0.2) is 23.3 Å². The number of ether oxygens (including phenoxy) is 2. The molecule has 0 aromatic carbocycles. The standard InChI is InChI=1S/C42H64O9/c1-24(2)29-21-32(43)27(5)13-11-12-25(3)19-33(44)30-20-28(6)37-31(42(30,22-34(29)45)38(47)50-10)18-26(4)14-15-36(46)39(7,48)16-17-41(9)40(8,49)23-35(37)51-41/h18,20,24-25,27,29-31,35,37,48-49H,11-17,19,21-23H2,1-10H3. The van der Waals surface area contributed by atoms with Crippen LogP contribution in [0.5, 0.6) is 0 Å². The first-order chi connectivity index (χ1) is 23.6. The Morgan fingerprint density at radius 2 is 1.59 bits per heavy atom. The zero-order valence-electron chi connectivity index (χ0n) is 32.8. The molecule has 4 rings (SSSR count). The van der Waals surface area contributed by atoms with Gasteiger partial charge in [0.15, 0.2) is 5.78 Å². The SMILES string of the molecule is COC(=O)C12CC(=O)C(C(C)C)CC(=O)C(C)CCCC(C)CC(=O)C1C=C(C)C1C3CC(C)(O)C(C)(CCC(C)(O)C(=O)CCC(C)=CC12)O3. The highest BCUT2D eigenvalue weighted by atomic mass is 16.5. The van der Waals surface area contributed by atoms with Crippen molar-refractivity contribution in [3.8, 4) is 0 Å². The monoisotopic (exact) mass is 712 g/mol. The molecule has 0 radical (unpaired) electrons. The second kappa shape index (κ2) is 15.5. The Morgan fingerprint density at radius 3 is 2.22 bits per heavy atom. The van der Waals surface area contributed by atoms with Crippen molar-refractivity contribution in [1.82, 2.24) is 0 Å². The van der Waals surface area contributed by atoms with E-state index in [1.165, 1.54) is 14.0 Å². The van der Waals surface area contributed by atoms with E-state index in [0.717, 1.165) is 24.0 Å². The van der Waals surface area contributed by atoms with Crippen molar-refractivity contribution in [1.29, 1.82) is 0 Å². The predicted molar refractivity (Wildman–Crippen MR) is 194 cm³/mol. The largest absolute Gasteiger partial charge is 0.469 e. The molecule has 1 saturated carbocycles. The molecule has 9 heteroatoms. The van der Waals surface area contributed by atoms with Gasteiger partial charge in [0.05, 0.1) is 35.7 Å². The molecule has 2 fully saturated rings. The summed E-state index contributed by atoms with van der Waals surface area (Å²) in [6.07, 6.45) is 6.22. The Morgan fingerprint density at radius 1 is 0.922 bits per heavy atom. The van der Waals surface area contributed by atoms with Gasteiger partial charge in [-0.15, -0.1) is 0 Å². The number of ketones is 4. The summed E-state index contributed by atoms with van der Waals surface area (Å²) in [6.45, 7) is 16.6. The average Bonchev–Trinajstić information content (AvgIpc) is 3.28. The van der Waals surface area contributed by atoms with Crippen molar-refractivity contribution in [2.45, 2.75) is 156 Å². The molecule has 0 aromatic heterocycles. The number of aliphatic hydroxyl groups is 2. The van der Waals surface area contributed by atoms with E-state index in [-0.39, 0.29) is 85.8 Å². The summed E-state index contributed by atoms with van der Waals surface area (Å²) < 4.78 is 12.5. The lowest BCUT2D eigenvalue weighted by Crippen LogP contribution is -2.56. The molecule has 11 unspecified atom stereocenters. The van der Waals surface area contributed by atoms with E-state index in [2.05, 4.69) is 0 Å². The summed E-state index contributed by atoms with van der Waals surface area (Å²) in [6, 6.07) is 0. The maximum atomic E-state index is 14.8. The van der Waals surface area contributed by atoms with Gasteiger partial charge >= 0.3 is 5.97 Å². The van der Waals surface area contributed by atoms with Crippen LogP contribution in [-0.2, 0) is 33.4 Å². The molecule has 1 saturated heterocycles. The molecule has 2 aliphatic heterocycles. The highest BCUT2D eigenvalue weighted by molar-refractivity contribution is 5.97. The first-order valence-corrected chi connectivity index (χ1v) is 19.3. The van der Waals surface area contributed by atoms with Crippen molar-refractivity contribution in [3.63, 3.8) is 0 Å². The number of carbonyl (C=O) groups is 5. The van der Waals surface area contributed by atoms with Crippen LogP contribution in [0.25, 0.3) is 0 Å². The molecular formula is C42H64O9. The summed E-state index contributed by atoms with van der Waals surface area (Å²) >= 11 is 0. The van der Waals surface area contributed by atoms with Crippen LogP contribution in [0.4, 0.5) is 0 Å². The van der Waals surface area contributed by atoms with Gasteiger partial charge in [-0.2, -0.15) is 0 Å². The molecule has 4 aliphatic rings. The van der Waals surface area contributed by atoms with Crippen LogP contribution in [0.1, 0.15) is 133 Å². The average molecular weight is 713 g/mol. The van der Waals surface area contributed by atoms with Crippen LogP contribution < -0.4 is 0 Å². The number of methoxy groups -OCH3 is 1. The maximum Gasteiger partial charge on any atom is 0.313 e. The number of rotatable bonds is 2. The zero-order valence-corrected chi connectivity index (χ0v) is 32.8. The minimum absolute atomic E-state index is 0.00579. The van der Waals surface area contributed by atoms with Crippen LogP contribution in [0.2, 0.25) is 0 Å². The number of carbonyl (C=O) groups excluding carboxylic acids is 5. The van der Waals surface area contributed by atoms with E-state index < -0.39 is 58.0 Å². The van der Waals surface area contributed by atoms with Gasteiger partial charge in [-0.05, 0) is 72.1 Å². The molecule has 2 bridgehead atoms. The number of hydrogen-bond acceptors (Lipinski definition) is 9. The van der Waals surface area contributed by atoms with E-state index >= 15 is 0 Å². The van der Waals surface area contributed by atoms with Gasteiger partial charge in [0.2, 0.25) is 0 Å². The summed E-state index contributed by atoms with van der Waals surface area (Å²) in [4.78, 5) is 71.1. The minimum atomic E-state index is -1.68. The normalized spacial score (nSPS) is 42.3. The van der Waals surface area contributed by atoms with Crippen LogP contribution in [0.3, 0.4) is 0 Å². The van der Waals surface area contributed by atoms with Gasteiger partial charge in [0.1, 0.15) is 23.0 Å². The lowest BCUT2D eigenvalue weighted by Gasteiger charge is -2.50. The summed E-state index contributed by atoms with van der Waals surface area (Å²) in [5.74, 6) is -4.73. The number of allylic oxidation sites excluding steroid dienone is 3. The third kappa shape index (κ3) is 8.21. The zero-order chi connectivity index (χ0) is 38.3. The number of Topliss-reactive ketones (excluding diaryl/α,β-unsaturated/α-hetero) is 4. The Hall–Kier alpha value is -2.49. The summed E-state index contributed by atoms with van der Waals surface area (Å²) in [5, 5.41) is 23.2. The molecule has 9 nitrogen and oxygen atoms in total. The molecule has 2 aliphatic carbocycles. The van der Waals surface area contributed by atoms with Crippen molar-refractivity contribution in [3.05, 3.63) is 23.3 Å². The van der Waals surface area contributed by atoms with Gasteiger partial charge < -0.3 is 19.7 Å². The number of fused-ring (bicyclic) bond motifs is 6. The van der Waals surface area contributed by atoms with E-state index in [4.69, 9.17) is 9.47 Å². The van der Waals surface area contributed by atoms with Gasteiger partial charge in [-0.1, -0.05) is 63.8 Å². The molecule has 0 aromatic rings. The molecule has 2 N–H and O–H groups in total. The van der Waals surface area contributed by atoms with Gasteiger partial charge in [-0.25, -0.2) is 0 Å². The third-order valence-electron chi connectivity index (χ3n) is 13.4. The molecule has 2 heterocycles. The second-order valence-corrected chi connectivity index (χ2v) is 17.8. The molecule has 0 spiro atoms. The highest BCUT2D eigenvalue weighted by Gasteiger charge is 2.64. The van der Waals surface area contributed by atoms with Gasteiger partial charge in [0.25, 0.3) is 0 Å². The Labute approximate surface area is 305 Å². The lowest BCUT2D eigenvalue weighted by molar-refractivity contribution is -0.170. The fraction of sp³-hybridized carbons (Fsp3) is 0.786. The summed E-state index contributed by atoms with van der Waals surface area (Å²) in [7, 11) is 1.28. The maximum absolute atomic E-state index is 14.8. The Balaban J connectivity index is 2.02. The molecular weight excluding hydrogens is 648 g/mol. The first-order valence-electron chi connectivity index (χ1n) is 19.3. The number of esters is 1. The van der Waals surface area contributed by atoms with E-state index in [0.29, 0.717) is 12.8 Å².